The fourth-order valence-corrected chi connectivity index (χ4v) is 3.42. The van der Waals surface area contributed by atoms with Gasteiger partial charge in [-0.3, -0.25) is 0 Å². The first-order valence-electron chi connectivity index (χ1n) is 7.71. The monoisotopic (exact) mass is 237 g/mol. The zero-order valence-electron chi connectivity index (χ0n) is 11.0. The first-order valence-corrected chi connectivity index (χ1v) is 7.71. The lowest BCUT2D eigenvalue weighted by Gasteiger charge is -2.42. The zero-order chi connectivity index (χ0) is 11.6. The van der Waals surface area contributed by atoms with Gasteiger partial charge >= 0.3 is 0 Å². The van der Waals surface area contributed by atoms with Crippen molar-refractivity contribution in [3.63, 3.8) is 0 Å². The van der Waals surface area contributed by atoms with E-state index in [1.807, 2.05) is 0 Å². The molecule has 3 fully saturated rings. The van der Waals surface area contributed by atoms with E-state index in [1.54, 1.807) is 0 Å². The van der Waals surface area contributed by atoms with Crippen LogP contribution in [0.5, 0.6) is 0 Å². The van der Waals surface area contributed by atoms with E-state index >= 15 is 0 Å². The third-order valence-electron chi connectivity index (χ3n) is 5.01. The molecule has 2 aliphatic carbocycles. The van der Waals surface area contributed by atoms with Crippen molar-refractivity contribution in [2.75, 3.05) is 13.2 Å². The van der Waals surface area contributed by atoms with Gasteiger partial charge in [-0.25, -0.2) is 0 Å². The van der Waals surface area contributed by atoms with Crippen LogP contribution in [0.25, 0.3) is 0 Å². The summed E-state index contributed by atoms with van der Waals surface area (Å²) in [6, 6.07) is 0.880. The van der Waals surface area contributed by atoms with Gasteiger partial charge in [-0.1, -0.05) is 12.8 Å². The molecule has 2 heteroatoms. The Balaban J connectivity index is 1.35. The maximum Gasteiger partial charge on any atom is 0.0576 e. The molecule has 1 aliphatic heterocycles. The maximum absolute atomic E-state index is 5.71. The summed E-state index contributed by atoms with van der Waals surface area (Å²) in [5.74, 6) is 0. The lowest BCUT2D eigenvalue weighted by Crippen LogP contribution is -2.40. The third kappa shape index (κ3) is 3.23. The van der Waals surface area contributed by atoms with Gasteiger partial charge in [-0.15, -0.1) is 0 Å². The number of rotatable bonds is 7. The van der Waals surface area contributed by atoms with Crippen molar-refractivity contribution >= 4 is 0 Å². The quantitative estimate of drug-likeness (QED) is 0.734. The molecule has 2 saturated carbocycles. The summed E-state index contributed by atoms with van der Waals surface area (Å²) in [5.41, 5.74) is 0.682. The van der Waals surface area contributed by atoms with Crippen LogP contribution in [0.1, 0.15) is 64.2 Å². The van der Waals surface area contributed by atoms with Gasteiger partial charge in [0.05, 0.1) is 6.10 Å². The van der Waals surface area contributed by atoms with Crippen LogP contribution in [0.15, 0.2) is 0 Å². The lowest BCUT2D eigenvalue weighted by atomic mass is 9.65. The van der Waals surface area contributed by atoms with Gasteiger partial charge in [-0.05, 0) is 56.8 Å². The molecule has 3 rings (SSSR count). The molecule has 0 bridgehead atoms. The third-order valence-corrected chi connectivity index (χ3v) is 5.01. The molecule has 2 nitrogen and oxygen atoms in total. The molecule has 0 aromatic carbocycles. The maximum atomic E-state index is 5.71. The van der Waals surface area contributed by atoms with Crippen LogP contribution in [-0.2, 0) is 4.74 Å². The zero-order valence-corrected chi connectivity index (χ0v) is 11.0. The fraction of sp³-hybridized carbons (Fsp3) is 1.00. The Hall–Kier alpha value is -0.0800. The fourth-order valence-electron chi connectivity index (χ4n) is 3.42. The molecule has 1 heterocycles. The average molecular weight is 237 g/mol. The first kappa shape index (κ1) is 12.0. The molecular formula is C15H27NO. The summed E-state index contributed by atoms with van der Waals surface area (Å²) in [6.07, 6.45) is 14.6. The second-order valence-corrected chi connectivity index (χ2v) is 6.54. The average Bonchev–Trinajstić information content (AvgIpc) is 2.97. The minimum Gasteiger partial charge on any atom is -0.378 e. The molecule has 0 aromatic rings. The number of nitrogens with one attached hydrogen (secondary N) is 1. The van der Waals surface area contributed by atoms with Crippen LogP contribution in [0.4, 0.5) is 0 Å². The van der Waals surface area contributed by atoms with E-state index in [-0.39, 0.29) is 0 Å². The molecule has 0 amide bonds. The summed E-state index contributed by atoms with van der Waals surface area (Å²) in [4.78, 5) is 0. The molecule has 1 atom stereocenters. The summed E-state index contributed by atoms with van der Waals surface area (Å²) < 4.78 is 5.71. The summed E-state index contributed by atoms with van der Waals surface area (Å²) in [5, 5.41) is 3.75. The van der Waals surface area contributed by atoms with Gasteiger partial charge < -0.3 is 10.1 Å². The summed E-state index contributed by atoms with van der Waals surface area (Å²) in [7, 11) is 0. The van der Waals surface area contributed by atoms with Crippen LogP contribution >= 0.6 is 0 Å². The van der Waals surface area contributed by atoms with Crippen LogP contribution in [0.2, 0.25) is 0 Å². The molecule has 1 saturated heterocycles. The minimum atomic E-state index is 0.600. The lowest BCUT2D eigenvalue weighted by molar-refractivity contribution is 0.0800. The van der Waals surface area contributed by atoms with Crippen molar-refractivity contribution in [2.24, 2.45) is 5.41 Å². The Morgan fingerprint density at radius 2 is 2.00 bits per heavy atom. The first-order chi connectivity index (χ1) is 8.36. The van der Waals surface area contributed by atoms with E-state index in [0.29, 0.717) is 11.5 Å². The molecule has 1 unspecified atom stereocenters. The molecule has 0 spiro atoms. The van der Waals surface area contributed by atoms with Gasteiger partial charge in [0.1, 0.15) is 0 Å². The van der Waals surface area contributed by atoms with E-state index in [9.17, 15) is 0 Å². The van der Waals surface area contributed by atoms with E-state index in [2.05, 4.69) is 5.32 Å². The van der Waals surface area contributed by atoms with Gasteiger partial charge in [-0.2, -0.15) is 0 Å². The van der Waals surface area contributed by atoms with E-state index in [4.69, 9.17) is 4.74 Å². The molecule has 98 valence electrons. The predicted octanol–water partition coefficient (Wildman–Crippen LogP) is 3.26. The SMILES string of the molecule is C1COC(CCCC2(CNC3CC3)CCC2)C1. The summed E-state index contributed by atoms with van der Waals surface area (Å²) >= 11 is 0. The summed E-state index contributed by atoms with van der Waals surface area (Å²) in [6.45, 7) is 2.31. The van der Waals surface area contributed by atoms with Crippen molar-refractivity contribution in [3.8, 4) is 0 Å². The number of hydrogen-bond donors (Lipinski definition) is 1. The normalized spacial score (nSPS) is 31.4. The smallest absolute Gasteiger partial charge is 0.0576 e. The topological polar surface area (TPSA) is 21.3 Å². The highest BCUT2D eigenvalue weighted by molar-refractivity contribution is 4.92. The van der Waals surface area contributed by atoms with Crippen molar-refractivity contribution < 1.29 is 4.74 Å². The Labute approximate surface area is 105 Å². The van der Waals surface area contributed by atoms with Gasteiger partial charge in [0.15, 0.2) is 0 Å². The second kappa shape index (κ2) is 5.27. The van der Waals surface area contributed by atoms with E-state index < -0.39 is 0 Å². The molecule has 17 heavy (non-hydrogen) atoms. The highest BCUT2D eigenvalue weighted by Gasteiger charge is 2.37. The minimum absolute atomic E-state index is 0.600. The molecular weight excluding hydrogens is 210 g/mol. The Morgan fingerprint density at radius 3 is 2.59 bits per heavy atom. The molecule has 0 radical (unpaired) electrons. The van der Waals surface area contributed by atoms with Crippen molar-refractivity contribution in [1.82, 2.24) is 5.32 Å². The van der Waals surface area contributed by atoms with Gasteiger partial charge in [0, 0.05) is 19.2 Å². The van der Waals surface area contributed by atoms with Crippen LogP contribution in [-0.4, -0.2) is 25.3 Å². The molecule has 1 N–H and O–H groups in total. The van der Waals surface area contributed by atoms with E-state index in [1.165, 1.54) is 70.8 Å². The Kier molecular flexibility index (Phi) is 3.72. The predicted molar refractivity (Wildman–Crippen MR) is 70.1 cm³/mol. The van der Waals surface area contributed by atoms with Gasteiger partial charge in [0.2, 0.25) is 0 Å². The van der Waals surface area contributed by atoms with Gasteiger partial charge in [0.25, 0.3) is 0 Å². The van der Waals surface area contributed by atoms with Crippen molar-refractivity contribution in [2.45, 2.75) is 76.4 Å². The van der Waals surface area contributed by atoms with Crippen LogP contribution in [0.3, 0.4) is 0 Å². The number of hydrogen-bond acceptors (Lipinski definition) is 2. The van der Waals surface area contributed by atoms with Crippen molar-refractivity contribution in [3.05, 3.63) is 0 Å². The molecule has 0 aromatic heterocycles. The second-order valence-electron chi connectivity index (χ2n) is 6.54. The Bertz CT molecular complexity index is 239. The standard InChI is InChI=1S/C15H27NO/c1(4-14-5-2-11-17-14)8-15(9-3-10-15)12-16-13-6-7-13/h13-14,16H,1-12H2. The Morgan fingerprint density at radius 1 is 1.12 bits per heavy atom. The highest BCUT2D eigenvalue weighted by Crippen LogP contribution is 2.45. The highest BCUT2D eigenvalue weighted by atomic mass is 16.5. The van der Waals surface area contributed by atoms with Crippen LogP contribution in [0, 0.1) is 5.41 Å². The largest absolute Gasteiger partial charge is 0.378 e. The number of ether oxygens (including phenoxy) is 1. The van der Waals surface area contributed by atoms with E-state index in [0.717, 1.165) is 12.6 Å². The van der Waals surface area contributed by atoms with Crippen LogP contribution < -0.4 is 5.32 Å². The molecule has 3 aliphatic rings. The van der Waals surface area contributed by atoms with Crippen molar-refractivity contribution in [1.29, 1.82) is 0 Å².